The molecule has 0 spiro atoms. The molecule has 4 nitrogen and oxygen atoms in total. The number of piperidine rings is 1. The predicted octanol–water partition coefficient (Wildman–Crippen LogP) is 2.88. The number of likely N-dealkylation sites (tertiary alicyclic amines) is 1. The van der Waals surface area contributed by atoms with Gasteiger partial charge in [-0.05, 0) is 43.9 Å². The molecule has 0 aromatic heterocycles. The molecule has 1 heterocycles. The number of nitrogens with one attached hydrogen (secondary N) is 1. The van der Waals surface area contributed by atoms with Gasteiger partial charge in [0.25, 0.3) is 0 Å². The van der Waals surface area contributed by atoms with Gasteiger partial charge in [-0.2, -0.15) is 0 Å². The van der Waals surface area contributed by atoms with Gasteiger partial charge < -0.3 is 10.1 Å². The first-order valence-electron chi connectivity index (χ1n) is 8.18. The quantitative estimate of drug-likeness (QED) is 0.862. The number of hydrogen-bond acceptors (Lipinski definition) is 3. The maximum Gasteiger partial charge on any atom is 0.407 e. The second-order valence-corrected chi connectivity index (χ2v) is 6.88. The standard InChI is InChI=1S/C16H30N2O2/c1-5-20-16(19)17-14-8-13(11(2)3)9-18(10-14)15-7-6-12(15)4/h11-15H,5-10H2,1-4H3,(H,17,19). The number of hydrogen-bond donors (Lipinski definition) is 1. The lowest BCUT2D eigenvalue weighted by Crippen LogP contribution is -2.58. The number of carbonyl (C=O) groups excluding carboxylic acids is 1. The molecular formula is C16H30N2O2. The van der Waals surface area contributed by atoms with Crippen LogP contribution in [-0.2, 0) is 4.74 Å². The van der Waals surface area contributed by atoms with Crippen molar-refractivity contribution in [2.75, 3.05) is 19.7 Å². The van der Waals surface area contributed by atoms with Crippen molar-refractivity contribution in [1.29, 1.82) is 0 Å². The highest BCUT2D eigenvalue weighted by atomic mass is 16.5. The molecule has 1 amide bonds. The summed E-state index contributed by atoms with van der Waals surface area (Å²) >= 11 is 0. The number of amides is 1. The molecule has 4 heteroatoms. The van der Waals surface area contributed by atoms with E-state index in [0.29, 0.717) is 18.4 Å². The van der Waals surface area contributed by atoms with Crippen molar-refractivity contribution in [3.63, 3.8) is 0 Å². The zero-order valence-corrected chi connectivity index (χ0v) is 13.4. The summed E-state index contributed by atoms with van der Waals surface area (Å²) in [5.74, 6) is 2.15. The van der Waals surface area contributed by atoms with Crippen molar-refractivity contribution in [3.8, 4) is 0 Å². The molecule has 2 aliphatic rings. The Morgan fingerprint density at radius 3 is 2.60 bits per heavy atom. The smallest absolute Gasteiger partial charge is 0.407 e. The van der Waals surface area contributed by atoms with Crippen molar-refractivity contribution in [1.82, 2.24) is 10.2 Å². The van der Waals surface area contributed by atoms with Crippen LogP contribution in [0.3, 0.4) is 0 Å². The summed E-state index contributed by atoms with van der Waals surface area (Å²) in [7, 11) is 0. The minimum Gasteiger partial charge on any atom is -0.450 e. The molecule has 20 heavy (non-hydrogen) atoms. The molecule has 1 saturated carbocycles. The summed E-state index contributed by atoms with van der Waals surface area (Å²) in [6.45, 7) is 11.4. The van der Waals surface area contributed by atoms with E-state index in [9.17, 15) is 4.79 Å². The molecule has 2 rings (SSSR count). The van der Waals surface area contributed by atoms with Gasteiger partial charge in [0.05, 0.1) is 6.61 Å². The Labute approximate surface area is 123 Å². The molecule has 0 aromatic carbocycles. The van der Waals surface area contributed by atoms with Gasteiger partial charge in [0, 0.05) is 25.2 Å². The number of alkyl carbamates (subject to hydrolysis) is 1. The summed E-state index contributed by atoms with van der Waals surface area (Å²) < 4.78 is 5.03. The first-order valence-corrected chi connectivity index (χ1v) is 8.18. The normalized spacial score (nSPS) is 34.6. The van der Waals surface area contributed by atoms with Crippen LogP contribution in [0.1, 0.15) is 47.0 Å². The number of ether oxygens (including phenoxy) is 1. The van der Waals surface area contributed by atoms with Crippen LogP contribution in [-0.4, -0.2) is 42.8 Å². The Bertz CT molecular complexity index is 332. The van der Waals surface area contributed by atoms with E-state index in [1.807, 2.05) is 6.92 Å². The van der Waals surface area contributed by atoms with Crippen molar-refractivity contribution in [3.05, 3.63) is 0 Å². The molecule has 1 aliphatic carbocycles. The molecule has 0 radical (unpaired) electrons. The maximum atomic E-state index is 11.7. The van der Waals surface area contributed by atoms with Gasteiger partial charge in [-0.25, -0.2) is 4.79 Å². The molecule has 2 fully saturated rings. The first kappa shape index (κ1) is 15.6. The van der Waals surface area contributed by atoms with Gasteiger partial charge >= 0.3 is 6.09 Å². The molecule has 0 aromatic rings. The molecule has 4 unspecified atom stereocenters. The van der Waals surface area contributed by atoms with Crippen LogP contribution in [0, 0.1) is 17.8 Å². The van der Waals surface area contributed by atoms with E-state index in [4.69, 9.17) is 4.74 Å². The predicted molar refractivity (Wildman–Crippen MR) is 80.6 cm³/mol. The van der Waals surface area contributed by atoms with Gasteiger partial charge in [-0.1, -0.05) is 20.8 Å². The summed E-state index contributed by atoms with van der Waals surface area (Å²) in [4.78, 5) is 14.3. The molecule has 1 saturated heterocycles. The fraction of sp³-hybridized carbons (Fsp3) is 0.938. The average molecular weight is 282 g/mol. The summed E-state index contributed by atoms with van der Waals surface area (Å²) in [5.41, 5.74) is 0. The summed E-state index contributed by atoms with van der Waals surface area (Å²) in [6, 6.07) is 0.964. The highest BCUT2D eigenvalue weighted by Gasteiger charge is 2.38. The van der Waals surface area contributed by atoms with Crippen LogP contribution < -0.4 is 5.32 Å². The van der Waals surface area contributed by atoms with E-state index in [0.717, 1.165) is 24.9 Å². The van der Waals surface area contributed by atoms with E-state index in [1.54, 1.807) is 0 Å². The van der Waals surface area contributed by atoms with Crippen molar-refractivity contribution in [2.24, 2.45) is 17.8 Å². The monoisotopic (exact) mass is 282 g/mol. The minimum absolute atomic E-state index is 0.239. The molecule has 1 N–H and O–H groups in total. The highest BCUT2D eigenvalue weighted by Crippen LogP contribution is 2.35. The summed E-state index contributed by atoms with van der Waals surface area (Å²) in [6.07, 6.45) is 3.49. The molecule has 0 bridgehead atoms. The highest BCUT2D eigenvalue weighted by molar-refractivity contribution is 5.67. The first-order chi connectivity index (χ1) is 9.51. The fourth-order valence-corrected chi connectivity index (χ4v) is 3.56. The Balaban J connectivity index is 1.95. The van der Waals surface area contributed by atoms with Crippen LogP contribution >= 0.6 is 0 Å². The lowest BCUT2D eigenvalue weighted by molar-refractivity contribution is 0.0128. The molecular weight excluding hydrogens is 252 g/mol. The minimum atomic E-state index is -0.261. The van der Waals surface area contributed by atoms with Crippen LogP contribution in [0.2, 0.25) is 0 Å². The van der Waals surface area contributed by atoms with Crippen molar-refractivity contribution < 1.29 is 9.53 Å². The lowest BCUT2D eigenvalue weighted by atomic mass is 9.77. The molecule has 116 valence electrons. The number of nitrogens with zero attached hydrogens (tertiary/aromatic N) is 1. The Hall–Kier alpha value is -0.770. The zero-order chi connectivity index (χ0) is 14.7. The fourth-order valence-electron chi connectivity index (χ4n) is 3.56. The second kappa shape index (κ2) is 6.79. The van der Waals surface area contributed by atoms with Crippen LogP contribution in [0.4, 0.5) is 4.79 Å². The number of rotatable bonds is 4. The third-order valence-corrected chi connectivity index (χ3v) is 5.10. The largest absolute Gasteiger partial charge is 0.450 e. The maximum absolute atomic E-state index is 11.7. The van der Waals surface area contributed by atoms with E-state index in [-0.39, 0.29) is 12.1 Å². The van der Waals surface area contributed by atoms with Crippen molar-refractivity contribution >= 4 is 6.09 Å². The zero-order valence-electron chi connectivity index (χ0n) is 13.4. The van der Waals surface area contributed by atoms with Gasteiger partial charge in [0.2, 0.25) is 0 Å². The van der Waals surface area contributed by atoms with Gasteiger partial charge in [0.1, 0.15) is 0 Å². The molecule has 4 atom stereocenters. The van der Waals surface area contributed by atoms with E-state index in [1.165, 1.54) is 19.4 Å². The molecule has 1 aliphatic heterocycles. The van der Waals surface area contributed by atoms with Crippen LogP contribution in [0.5, 0.6) is 0 Å². The average Bonchev–Trinajstić information content (AvgIpc) is 2.36. The van der Waals surface area contributed by atoms with Crippen LogP contribution in [0.25, 0.3) is 0 Å². The Kier molecular flexibility index (Phi) is 5.30. The van der Waals surface area contributed by atoms with Gasteiger partial charge in [-0.3, -0.25) is 4.90 Å². The van der Waals surface area contributed by atoms with Crippen molar-refractivity contribution in [2.45, 2.75) is 59.0 Å². The van der Waals surface area contributed by atoms with Gasteiger partial charge in [-0.15, -0.1) is 0 Å². The third kappa shape index (κ3) is 3.66. The van der Waals surface area contributed by atoms with Gasteiger partial charge in [0.15, 0.2) is 0 Å². The third-order valence-electron chi connectivity index (χ3n) is 5.10. The van der Waals surface area contributed by atoms with Crippen LogP contribution in [0.15, 0.2) is 0 Å². The Morgan fingerprint density at radius 2 is 2.10 bits per heavy atom. The number of carbonyl (C=O) groups is 1. The van der Waals surface area contributed by atoms with E-state index < -0.39 is 0 Å². The Morgan fingerprint density at radius 1 is 1.35 bits per heavy atom. The SMILES string of the molecule is CCOC(=O)NC1CC(C(C)C)CN(C2CCC2C)C1. The topological polar surface area (TPSA) is 41.6 Å². The van der Waals surface area contributed by atoms with E-state index in [2.05, 4.69) is 31.0 Å². The summed E-state index contributed by atoms with van der Waals surface area (Å²) in [5, 5.41) is 3.05. The van der Waals surface area contributed by atoms with E-state index >= 15 is 0 Å². The lowest BCUT2D eigenvalue weighted by Gasteiger charge is -2.49. The second-order valence-electron chi connectivity index (χ2n) is 6.88.